The van der Waals surface area contributed by atoms with Crippen molar-refractivity contribution in [2.45, 2.75) is 10.9 Å². The molecule has 4 rings (SSSR count). The van der Waals surface area contributed by atoms with Gasteiger partial charge in [-0.15, -0.1) is 5.10 Å². The minimum atomic E-state index is 0.551. The van der Waals surface area contributed by atoms with Crippen LogP contribution in [0.5, 0.6) is 0 Å². The first kappa shape index (κ1) is 14.2. The van der Waals surface area contributed by atoms with Crippen LogP contribution in [0.1, 0.15) is 5.69 Å². The van der Waals surface area contributed by atoms with Crippen molar-refractivity contribution in [2.24, 2.45) is 0 Å². The molecule has 4 aromatic rings. The molecule has 0 radical (unpaired) electrons. The Labute approximate surface area is 140 Å². The second-order valence-corrected chi connectivity index (χ2v) is 5.94. The molecule has 0 fully saturated rings. The molecule has 0 saturated carbocycles. The van der Waals surface area contributed by atoms with E-state index in [0.29, 0.717) is 21.8 Å². The SMILES string of the molecule is Clc1c(CSc2nnnn2-c2ccccc2)nc2ncccn12. The summed E-state index contributed by atoms with van der Waals surface area (Å²) in [6.45, 7) is 0. The van der Waals surface area contributed by atoms with Gasteiger partial charge in [-0.1, -0.05) is 41.6 Å². The molecule has 0 spiro atoms. The zero-order valence-corrected chi connectivity index (χ0v) is 13.3. The van der Waals surface area contributed by atoms with Gasteiger partial charge in [0.25, 0.3) is 0 Å². The number of benzene rings is 1. The molecule has 0 saturated heterocycles. The molecule has 0 atom stereocenters. The van der Waals surface area contributed by atoms with Gasteiger partial charge in [0.1, 0.15) is 5.15 Å². The molecular weight excluding hydrogens is 334 g/mol. The van der Waals surface area contributed by atoms with Crippen LogP contribution in [-0.4, -0.2) is 34.6 Å². The van der Waals surface area contributed by atoms with Gasteiger partial charge < -0.3 is 0 Å². The molecule has 0 amide bonds. The Morgan fingerprint density at radius 2 is 2.00 bits per heavy atom. The van der Waals surface area contributed by atoms with E-state index in [-0.39, 0.29) is 0 Å². The number of nitrogens with zero attached hydrogens (tertiary/aromatic N) is 7. The third kappa shape index (κ3) is 2.66. The van der Waals surface area contributed by atoms with Crippen LogP contribution in [0, 0.1) is 0 Å². The van der Waals surface area contributed by atoms with E-state index in [1.807, 2.05) is 42.6 Å². The highest BCUT2D eigenvalue weighted by molar-refractivity contribution is 7.98. The topological polar surface area (TPSA) is 73.8 Å². The molecule has 0 bridgehead atoms. The number of imidazole rings is 1. The fourth-order valence-corrected chi connectivity index (χ4v) is 3.28. The third-order valence-electron chi connectivity index (χ3n) is 3.19. The Bertz CT molecular complexity index is 950. The van der Waals surface area contributed by atoms with Gasteiger partial charge in [-0.05, 0) is 28.6 Å². The molecule has 9 heteroatoms. The summed E-state index contributed by atoms with van der Waals surface area (Å²) in [6, 6.07) is 11.5. The number of thioether (sulfide) groups is 1. The maximum Gasteiger partial charge on any atom is 0.235 e. The molecule has 3 aromatic heterocycles. The zero-order valence-electron chi connectivity index (χ0n) is 11.7. The Balaban J connectivity index is 1.60. The summed E-state index contributed by atoms with van der Waals surface area (Å²) in [6.07, 6.45) is 3.52. The van der Waals surface area contributed by atoms with Crippen LogP contribution in [0.3, 0.4) is 0 Å². The van der Waals surface area contributed by atoms with Gasteiger partial charge in [0.2, 0.25) is 10.9 Å². The molecule has 3 heterocycles. The van der Waals surface area contributed by atoms with Crippen molar-refractivity contribution in [1.82, 2.24) is 34.6 Å². The summed E-state index contributed by atoms with van der Waals surface area (Å²) in [4.78, 5) is 8.62. The van der Waals surface area contributed by atoms with Gasteiger partial charge in [0.15, 0.2) is 0 Å². The normalized spacial score (nSPS) is 11.2. The lowest BCUT2D eigenvalue weighted by atomic mass is 10.3. The van der Waals surface area contributed by atoms with Gasteiger partial charge >= 0.3 is 0 Å². The van der Waals surface area contributed by atoms with E-state index < -0.39 is 0 Å². The average Bonchev–Trinajstić information content (AvgIpc) is 3.19. The molecule has 0 aliphatic carbocycles. The number of fused-ring (bicyclic) bond motifs is 1. The first-order chi connectivity index (χ1) is 11.3. The lowest BCUT2D eigenvalue weighted by Crippen LogP contribution is -1.98. The van der Waals surface area contributed by atoms with Gasteiger partial charge in [0, 0.05) is 18.1 Å². The Morgan fingerprint density at radius 1 is 1.13 bits per heavy atom. The number of hydrogen-bond donors (Lipinski definition) is 0. The second-order valence-electron chi connectivity index (χ2n) is 4.64. The zero-order chi connectivity index (χ0) is 15.6. The fraction of sp³-hybridized carbons (Fsp3) is 0.0714. The molecule has 0 N–H and O–H groups in total. The standard InChI is InChI=1S/C14H10ClN7S/c15-12-11(17-13-16-7-4-8-21(12)13)9-23-14-18-19-20-22(14)10-5-2-1-3-6-10/h1-8H,9H2. The minimum absolute atomic E-state index is 0.551. The molecule has 0 aliphatic heterocycles. The molecule has 0 unspecified atom stereocenters. The fourth-order valence-electron chi connectivity index (χ4n) is 2.13. The monoisotopic (exact) mass is 343 g/mol. The molecule has 1 aromatic carbocycles. The number of hydrogen-bond acceptors (Lipinski definition) is 6. The van der Waals surface area contributed by atoms with Crippen LogP contribution in [-0.2, 0) is 5.75 Å². The van der Waals surface area contributed by atoms with Crippen LogP contribution in [0.4, 0.5) is 0 Å². The summed E-state index contributed by atoms with van der Waals surface area (Å²) in [5.74, 6) is 1.13. The van der Waals surface area contributed by atoms with E-state index in [1.54, 1.807) is 15.3 Å². The van der Waals surface area contributed by atoms with Gasteiger partial charge in [-0.3, -0.25) is 4.40 Å². The summed E-state index contributed by atoms with van der Waals surface area (Å²) in [7, 11) is 0. The van der Waals surface area contributed by atoms with Gasteiger partial charge in [-0.25, -0.2) is 9.97 Å². The third-order valence-corrected chi connectivity index (χ3v) is 4.52. The van der Waals surface area contributed by atoms with Crippen molar-refractivity contribution in [2.75, 3.05) is 0 Å². The summed E-state index contributed by atoms with van der Waals surface area (Å²) >= 11 is 7.81. The number of halogens is 1. The lowest BCUT2D eigenvalue weighted by Gasteiger charge is -2.03. The molecule has 7 nitrogen and oxygen atoms in total. The molecule has 0 aliphatic rings. The van der Waals surface area contributed by atoms with Crippen LogP contribution >= 0.6 is 23.4 Å². The van der Waals surface area contributed by atoms with Gasteiger partial charge in [0.05, 0.1) is 11.4 Å². The molecular formula is C14H10ClN7S. The van der Waals surface area contributed by atoms with Crippen molar-refractivity contribution < 1.29 is 0 Å². The van der Waals surface area contributed by atoms with Crippen molar-refractivity contribution in [3.05, 3.63) is 59.6 Å². The first-order valence-electron chi connectivity index (χ1n) is 6.77. The van der Waals surface area contributed by atoms with E-state index in [2.05, 4.69) is 25.5 Å². The Hall–Kier alpha value is -2.45. The largest absolute Gasteiger partial charge is 0.274 e. The highest BCUT2D eigenvalue weighted by Gasteiger charge is 2.14. The predicted molar refractivity (Wildman–Crippen MR) is 86.7 cm³/mol. The van der Waals surface area contributed by atoms with Gasteiger partial charge in [-0.2, -0.15) is 4.68 Å². The summed E-state index contributed by atoms with van der Waals surface area (Å²) < 4.78 is 3.43. The van der Waals surface area contributed by atoms with Crippen LogP contribution in [0.2, 0.25) is 5.15 Å². The molecule has 114 valence electrons. The first-order valence-corrected chi connectivity index (χ1v) is 8.13. The summed E-state index contributed by atoms with van der Waals surface area (Å²) in [5.41, 5.74) is 1.65. The van der Waals surface area contributed by atoms with E-state index in [1.165, 1.54) is 11.8 Å². The van der Waals surface area contributed by atoms with Crippen molar-refractivity contribution in [1.29, 1.82) is 0 Å². The van der Waals surface area contributed by atoms with E-state index >= 15 is 0 Å². The van der Waals surface area contributed by atoms with Crippen LogP contribution in [0.15, 0.2) is 53.9 Å². The Kier molecular flexibility index (Phi) is 3.68. The van der Waals surface area contributed by atoms with Crippen molar-refractivity contribution in [3.63, 3.8) is 0 Å². The van der Waals surface area contributed by atoms with E-state index in [9.17, 15) is 0 Å². The Morgan fingerprint density at radius 3 is 2.83 bits per heavy atom. The number of aromatic nitrogens is 7. The number of para-hydroxylation sites is 1. The van der Waals surface area contributed by atoms with Crippen LogP contribution < -0.4 is 0 Å². The number of rotatable bonds is 4. The maximum absolute atomic E-state index is 6.34. The predicted octanol–water partition coefficient (Wildman–Crippen LogP) is 2.65. The average molecular weight is 344 g/mol. The van der Waals surface area contributed by atoms with E-state index in [4.69, 9.17) is 11.6 Å². The second kappa shape index (κ2) is 5.98. The van der Waals surface area contributed by atoms with Crippen molar-refractivity contribution >= 4 is 29.1 Å². The smallest absolute Gasteiger partial charge is 0.235 e. The van der Waals surface area contributed by atoms with Crippen LogP contribution in [0.25, 0.3) is 11.5 Å². The quantitative estimate of drug-likeness (QED) is 0.530. The minimum Gasteiger partial charge on any atom is -0.274 e. The lowest BCUT2D eigenvalue weighted by molar-refractivity contribution is 0.756. The highest BCUT2D eigenvalue weighted by Crippen LogP contribution is 2.26. The number of tetrazole rings is 1. The van der Waals surface area contributed by atoms with Crippen molar-refractivity contribution in [3.8, 4) is 5.69 Å². The summed E-state index contributed by atoms with van der Waals surface area (Å²) in [5, 5.41) is 13.1. The molecule has 23 heavy (non-hydrogen) atoms. The van der Waals surface area contributed by atoms with E-state index in [0.717, 1.165) is 11.4 Å². The maximum atomic E-state index is 6.34. The highest BCUT2D eigenvalue weighted by atomic mass is 35.5.